The summed E-state index contributed by atoms with van der Waals surface area (Å²) < 4.78 is 1.57. The number of carbonyl (C=O) groups is 1. The normalized spacial score (nSPS) is 12.2. The number of benzene rings is 1. The lowest BCUT2D eigenvalue weighted by atomic mass is 10.2. The maximum atomic E-state index is 11.6. The third-order valence-corrected chi connectivity index (χ3v) is 2.75. The molecule has 1 unspecified atom stereocenters. The minimum atomic E-state index is -0.931. The van der Waals surface area contributed by atoms with E-state index in [1.54, 1.807) is 12.1 Å². The molecule has 0 aliphatic heterocycles. The highest BCUT2D eigenvalue weighted by Crippen LogP contribution is 2.19. The van der Waals surface area contributed by atoms with Gasteiger partial charge < -0.3 is 15.5 Å². The molecule has 0 saturated heterocycles. The molecule has 88 valence electrons. The Morgan fingerprint density at radius 3 is 2.38 bits per heavy atom. The molecule has 0 fully saturated rings. The van der Waals surface area contributed by atoms with Crippen LogP contribution in [0.2, 0.25) is 0 Å². The van der Waals surface area contributed by atoms with Crippen LogP contribution in [0, 0.1) is 0 Å². The summed E-state index contributed by atoms with van der Waals surface area (Å²) in [5.41, 5.74) is 0.478. The first kappa shape index (κ1) is 13.6. The van der Waals surface area contributed by atoms with E-state index in [1.807, 2.05) is 6.07 Å². The quantitative estimate of drug-likeness (QED) is 0.764. The molecule has 0 aromatic heterocycles. The zero-order valence-electron chi connectivity index (χ0n) is 8.28. The van der Waals surface area contributed by atoms with Gasteiger partial charge in [0.05, 0.1) is 12.7 Å². The summed E-state index contributed by atoms with van der Waals surface area (Å²) in [5.74, 6) is -0.297. The van der Waals surface area contributed by atoms with Gasteiger partial charge in [0.1, 0.15) is 0 Å². The molecule has 1 atom stereocenters. The van der Waals surface area contributed by atoms with Gasteiger partial charge in [0.15, 0.2) is 0 Å². The lowest BCUT2D eigenvalue weighted by Gasteiger charge is -2.09. The number of nitrogens with one attached hydrogen (secondary N) is 1. The average molecular weight is 353 g/mol. The number of halogens is 2. The Morgan fingerprint density at radius 2 is 1.88 bits per heavy atom. The van der Waals surface area contributed by atoms with Gasteiger partial charge in [-0.3, -0.25) is 4.79 Å². The van der Waals surface area contributed by atoms with Crippen LogP contribution >= 0.6 is 31.9 Å². The number of amides is 1. The van der Waals surface area contributed by atoms with E-state index in [2.05, 4.69) is 37.2 Å². The topological polar surface area (TPSA) is 69.6 Å². The summed E-state index contributed by atoms with van der Waals surface area (Å²) in [6, 6.07) is 5.16. The van der Waals surface area contributed by atoms with E-state index in [1.165, 1.54) is 0 Å². The van der Waals surface area contributed by atoms with Crippen molar-refractivity contribution in [2.24, 2.45) is 0 Å². The zero-order valence-corrected chi connectivity index (χ0v) is 11.5. The van der Waals surface area contributed by atoms with Gasteiger partial charge in [0, 0.05) is 21.1 Å². The van der Waals surface area contributed by atoms with Gasteiger partial charge in [-0.05, 0) is 18.2 Å². The smallest absolute Gasteiger partial charge is 0.251 e. The van der Waals surface area contributed by atoms with Crippen molar-refractivity contribution in [1.29, 1.82) is 0 Å². The van der Waals surface area contributed by atoms with E-state index in [0.717, 1.165) is 8.95 Å². The molecule has 0 saturated carbocycles. The van der Waals surface area contributed by atoms with Crippen molar-refractivity contribution >= 4 is 37.8 Å². The molecule has 1 aromatic carbocycles. The molecule has 0 spiro atoms. The molecule has 3 N–H and O–H groups in total. The molecule has 0 heterocycles. The van der Waals surface area contributed by atoms with Crippen molar-refractivity contribution in [1.82, 2.24) is 5.32 Å². The van der Waals surface area contributed by atoms with Crippen molar-refractivity contribution in [3.05, 3.63) is 32.7 Å². The SMILES string of the molecule is O=C(NCC(O)CO)c1cc(Br)cc(Br)c1. The fourth-order valence-corrected chi connectivity index (χ4v) is 2.36. The molecule has 4 nitrogen and oxygen atoms in total. The highest BCUT2D eigenvalue weighted by atomic mass is 79.9. The van der Waals surface area contributed by atoms with Gasteiger partial charge in [0.25, 0.3) is 5.91 Å². The highest BCUT2D eigenvalue weighted by molar-refractivity contribution is 9.11. The molecule has 1 aromatic rings. The number of hydrogen-bond donors (Lipinski definition) is 3. The predicted octanol–water partition coefficient (Wildman–Crippen LogP) is 1.29. The molecule has 0 aliphatic carbocycles. The van der Waals surface area contributed by atoms with E-state index in [-0.39, 0.29) is 19.1 Å². The Hall–Kier alpha value is -0.430. The van der Waals surface area contributed by atoms with Crippen LogP contribution in [0.25, 0.3) is 0 Å². The van der Waals surface area contributed by atoms with Gasteiger partial charge in [-0.15, -0.1) is 0 Å². The first-order valence-electron chi connectivity index (χ1n) is 4.56. The summed E-state index contributed by atoms with van der Waals surface area (Å²) in [4.78, 5) is 11.6. The molecule has 1 amide bonds. The van der Waals surface area contributed by atoms with E-state index in [0.29, 0.717) is 5.56 Å². The number of rotatable bonds is 4. The second-order valence-corrected chi connectivity index (χ2v) is 5.04. The maximum Gasteiger partial charge on any atom is 0.251 e. The summed E-state index contributed by atoms with van der Waals surface area (Å²) in [7, 11) is 0. The van der Waals surface area contributed by atoms with Crippen molar-refractivity contribution in [3.63, 3.8) is 0 Å². The average Bonchev–Trinajstić information content (AvgIpc) is 2.23. The number of aliphatic hydroxyl groups is 2. The van der Waals surface area contributed by atoms with Crippen LogP contribution in [0.15, 0.2) is 27.1 Å². The molecular formula is C10H11Br2NO3. The molecule has 0 bridgehead atoms. The standard InChI is InChI=1S/C10H11Br2NO3/c11-7-1-6(2-8(12)3-7)10(16)13-4-9(15)5-14/h1-3,9,14-15H,4-5H2,(H,13,16). The molecule has 6 heteroatoms. The lowest BCUT2D eigenvalue weighted by molar-refractivity contribution is 0.0802. The largest absolute Gasteiger partial charge is 0.394 e. The summed E-state index contributed by atoms with van der Waals surface area (Å²) in [5, 5.41) is 20.2. The molecule has 0 radical (unpaired) electrons. The summed E-state index contributed by atoms with van der Waals surface area (Å²) >= 11 is 6.55. The summed E-state index contributed by atoms with van der Waals surface area (Å²) in [6.45, 7) is -0.345. The number of aliphatic hydroxyl groups excluding tert-OH is 2. The minimum absolute atomic E-state index is 0.0272. The van der Waals surface area contributed by atoms with Crippen molar-refractivity contribution < 1.29 is 15.0 Å². The van der Waals surface area contributed by atoms with Crippen LogP contribution in [0.3, 0.4) is 0 Å². The minimum Gasteiger partial charge on any atom is -0.394 e. The Balaban J connectivity index is 2.66. The van der Waals surface area contributed by atoms with Crippen LogP contribution in [0.1, 0.15) is 10.4 Å². The van der Waals surface area contributed by atoms with Gasteiger partial charge in [0.2, 0.25) is 0 Å². The van der Waals surface area contributed by atoms with Crippen molar-refractivity contribution in [2.75, 3.05) is 13.2 Å². The first-order valence-corrected chi connectivity index (χ1v) is 6.14. The first-order chi connectivity index (χ1) is 7.52. The Bertz CT molecular complexity index is 364. The van der Waals surface area contributed by atoms with Crippen molar-refractivity contribution in [3.8, 4) is 0 Å². The maximum absolute atomic E-state index is 11.6. The zero-order chi connectivity index (χ0) is 12.1. The fourth-order valence-electron chi connectivity index (χ4n) is 1.06. The van der Waals surface area contributed by atoms with Crippen LogP contribution in [-0.2, 0) is 0 Å². The van der Waals surface area contributed by atoms with E-state index >= 15 is 0 Å². The van der Waals surface area contributed by atoms with E-state index in [4.69, 9.17) is 10.2 Å². The van der Waals surface area contributed by atoms with Crippen LogP contribution < -0.4 is 5.32 Å². The highest BCUT2D eigenvalue weighted by Gasteiger charge is 2.09. The van der Waals surface area contributed by atoms with Crippen LogP contribution in [0.4, 0.5) is 0 Å². The third kappa shape index (κ3) is 4.21. The van der Waals surface area contributed by atoms with Gasteiger partial charge in [-0.1, -0.05) is 31.9 Å². The van der Waals surface area contributed by atoms with Crippen molar-refractivity contribution in [2.45, 2.75) is 6.10 Å². The monoisotopic (exact) mass is 351 g/mol. The Kier molecular flexibility index (Phi) is 5.40. The Morgan fingerprint density at radius 1 is 1.31 bits per heavy atom. The van der Waals surface area contributed by atoms with E-state index in [9.17, 15) is 4.79 Å². The number of carbonyl (C=O) groups excluding carboxylic acids is 1. The second kappa shape index (κ2) is 6.34. The predicted molar refractivity (Wildman–Crippen MR) is 67.3 cm³/mol. The van der Waals surface area contributed by atoms with Gasteiger partial charge in [-0.2, -0.15) is 0 Å². The Labute approximate surface area is 110 Å². The second-order valence-electron chi connectivity index (χ2n) is 3.20. The fraction of sp³-hybridized carbons (Fsp3) is 0.300. The molecule has 16 heavy (non-hydrogen) atoms. The van der Waals surface area contributed by atoms with E-state index < -0.39 is 6.10 Å². The molecule has 1 rings (SSSR count). The molecule has 0 aliphatic rings. The number of hydrogen-bond acceptors (Lipinski definition) is 3. The third-order valence-electron chi connectivity index (χ3n) is 1.83. The van der Waals surface area contributed by atoms with Crippen LogP contribution in [0.5, 0.6) is 0 Å². The summed E-state index contributed by atoms with van der Waals surface area (Å²) in [6.07, 6.45) is -0.931. The van der Waals surface area contributed by atoms with Gasteiger partial charge in [-0.25, -0.2) is 0 Å². The molecular weight excluding hydrogens is 342 g/mol. The lowest BCUT2D eigenvalue weighted by Crippen LogP contribution is -2.33. The van der Waals surface area contributed by atoms with Crippen LogP contribution in [-0.4, -0.2) is 35.4 Å². The van der Waals surface area contributed by atoms with Gasteiger partial charge >= 0.3 is 0 Å².